The van der Waals surface area contributed by atoms with Gasteiger partial charge in [-0.1, -0.05) is 6.07 Å². The zero-order chi connectivity index (χ0) is 10.4. The number of nitrogens with one attached hydrogen (secondary N) is 1. The molecule has 0 spiro atoms. The number of aromatic nitrogens is 1. The Morgan fingerprint density at radius 3 is 2.93 bits per heavy atom. The maximum Gasteiger partial charge on any atom is 0.126 e. The minimum Gasteiger partial charge on any atom is -0.370 e. The fourth-order valence-electron chi connectivity index (χ4n) is 1.13. The highest BCUT2D eigenvalue weighted by Crippen LogP contribution is 2.03. The molecule has 0 bridgehead atoms. The number of hydrogen-bond acceptors (Lipinski definition) is 3. The Labute approximate surface area is 87.4 Å². The van der Waals surface area contributed by atoms with Gasteiger partial charge in [-0.2, -0.15) is 0 Å². The third-order valence-electron chi connectivity index (χ3n) is 1.80. The highest BCUT2D eigenvalue weighted by molar-refractivity contribution is 7.84. The van der Waals surface area contributed by atoms with E-state index in [2.05, 4.69) is 10.3 Å². The first-order valence-electron chi connectivity index (χ1n) is 4.66. The summed E-state index contributed by atoms with van der Waals surface area (Å²) in [6.45, 7) is 2.79. The Bertz CT molecular complexity index is 315. The van der Waals surface area contributed by atoms with E-state index in [1.165, 1.54) is 0 Å². The van der Waals surface area contributed by atoms with E-state index in [0.29, 0.717) is 0 Å². The van der Waals surface area contributed by atoms with E-state index in [1.807, 2.05) is 25.1 Å². The molecular weight excluding hydrogens is 196 g/mol. The third-order valence-corrected chi connectivity index (χ3v) is 2.67. The van der Waals surface area contributed by atoms with Crippen LogP contribution in [-0.2, 0) is 10.8 Å². The lowest BCUT2D eigenvalue weighted by Crippen LogP contribution is -2.07. The Balaban J connectivity index is 2.28. The highest BCUT2D eigenvalue weighted by Gasteiger charge is 1.94. The van der Waals surface area contributed by atoms with Gasteiger partial charge in [0, 0.05) is 35.0 Å². The van der Waals surface area contributed by atoms with Crippen molar-refractivity contribution in [2.45, 2.75) is 13.3 Å². The molecule has 1 aromatic heterocycles. The largest absolute Gasteiger partial charge is 0.370 e. The van der Waals surface area contributed by atoms with Crippen LogP contribution >= 0.6 is 0 Å². The van der Waals surface area contributed by atoms with Gasteiger partial charge in [-0.05, 0) is 25.5 Å². The van der Waals surface area contributed by atoms with E-state index in [-0.39, 0.29) is 0 Å². The molecule has 4 heteroatoms. The van der Waals surface area contributed by atoms with Gasteiger partial charge < -0.3 is 5.32 Å². The standard InChI is InChI=1S/C10H16N2OS/c1-9-5-3-6-10(12-9)11-7-4-8-14(2)13/h3,5-6H,4,7-8H2,1-2H3,(H,11,12)/t14-/m1/s1. The molecule has 0 aliphatic carbocycles. The van der Waals surface area contributed by atoms with E-state index in [9.17, 15) is 4.21 Å². The van der Waals surface area contributed by atoms with Gasteiger partial charge in [0.25, 0.3) is 0 Å². The second-order valence-corrected chi connectivity index (χ2v) is 4.78. The molecule has 0 unspecified atom stereocenters. The second-order valence-electron chi connectivity index (χ2n) is 3.22. The van der Waals surface area contributed by atoms with Gasteiger partial charge in [-0.3, -0.25) is 4.21 Å². The summed E-state index contributed by atoms with van der Waals surface area (Å²) in [6.07, 6.45) is 2.64. The normalized spacial score (nSPS) is 12.4. The van der Waals surface area contributed by atoms with Crippen LogP contribution in [0.15, 0.2) is 18.2 Å². The molecule has 3 nitrogen and oxygen atoms in total. The second kappa shape index (κ2) is 5.75. The van der Waals surface area contributed by atoms with E-state index < -0.39 is 10.8 Å². The monoisotopic (exact) mass is 212 g/mol. The van der Waals surface area contributed by atoms with E-state index in [1.54, 1.807) is 6.26 Å². The van der Waals surface area contributed by atoms with Gasteiger partial charge >= 0.3 is 0 Å². The molecule has 14 heavy (non-hydrogen) atoms. The number of anilines is 1. The lowest BCUT2D eigenvalue weighted by molar-refractivity contribution is 0.685. The molecule has 1 heterocycles. The van der Waals surface area contributed by atoms with Crippen LogP contribution in [0.4, 0.5) is 5.82 Å². The molecular formula is C10H16N2OS. The zero-order valence-electron chi connectivity index (χ0n) is 8.62. The summed E-state index contributed by atoms with van der Waals surface area (Å²) in [4.78, 5) is 4.30. The quantitative estimate of drug-likeness (QED) is 0.753. The van der Waals surface area contributed by atoms with Crippen LogP contribution < -0.4 is 5.32 Å². The summed E-state index contributed by atoms with van der Waals surface area (Å²) >= 11 is 0. The predicted octanol–water partition coefficient (Wildman–Crippen LogP) is 1.57. The first kappa shape index (κ1) is 11.2. The third kappa shape index (κ3) is 4.37. The summed E-state index contributed by atoms with van der Waals surface area (Å²) in [5, 5.41) is 3.20. The number of aryl methyl sites for hydroxylation is 1. The molecule has 0 fully saturated rings. The maximum atomic E-state index is 10.8. The maximum absolute atomic E-state index is 10.8. The average molecular weight is 212 g/mol. The van der Waals surface area contributed by atoms with Crippen molar-refractivity contribution < 1.29 is 4.21 Å². The van der Waals surface area contributed by atoms with E-state index in [4.69, 9.17) is 0 Å². The molecule has 1 rings (SSSR count). The first-order chi connectivity index (χ1) is 6.68. The van der Waals surface area contributed by atoms with Crippen LogP contribution in [0.1, 0.15) is 12.1 Å². The summed E-state index contributed by atoms with van der Waals surface area (Å²) in [5.74, 6) is 1.64. The van der Waals surface area contributed by atoms with Crippen molar-refractivity contribution in [1.29, 1.82) is 0 Å². The predicted molar refractivity (Wildman–Crippen MR) is 61.0 cm³/mol. The molecule has 1 aromatic rings. The van der Waals surface area contributed by atoms with Crippen LogP contribution in [-0.4, -0.2) is 27.7 Å². The Hall–Kier alpha value is -0.900. The Kier molecular flexibility index (Phi) is 4.59. The summed E-state index contributed by atoms with van der Waals surface area (Å²) in [7, 11) is -0.688. The molecule has 0 saturated heterocycles. The minimum atomic E-state index is -0.688. The molecule has 78 valence electrons. The molecule has 0 saturated carbocycles. The molecule has 0 aromatic carbocycles. The first-order valence-corrected chi connectivity index (χ1v) is 6.39. The van der Waals surface area contributed by atoms with Crippen LogP contribution in [0, 0.1) is 6.92 Å². The minimum absolute atomic E-state index is 0.688. The topological polar surface area (TPSA) is 42.0 Å². The lowest BCUT2D eigenvalue weighted by atomic mass is 10.3. The zero-order valence-corrected chi connectivity index (χ0v) is 9.43. The summed E-state index contributed by atoms with van der Waals surface area (Å²) in [5.41, 5.74) is 1.01. The van der Waals surface area contributed by atoms with Crippen molar-refractivity contribution in [2.75, 3.05) is 23.9 Å². The molecule has 0 aliphatic rings. The van der Waals surface area contributed by atoms with Gasteiger partial charge in [-0.25, -0.2) is 4.98 Å². The number of pyridine rings is 1. The van der Waals surface area contributed by atoms with Crippen molar-refractivity contribution in [3.05, 3.63) is 23.9 Å². The Morgan fingerprint density at radius 1 is 1.50 bits per heavy atom. The number of hydrogen-bond donors (Lipinski definition) is 1. The van der Waals surface area contributed by atoms with E-state index >= 15 is 0 Å². The smallest absolute Gasteiger partial charge is 0.126 e. The summed E-state index contributed by atoms with van der Waals surface area (Å²) < 4.78 is 10.8. The van der Waals surface area contributed by atoms with Gasteiger partial charge in [0.1, 0.15) is 5.82 Å². The lowest BCUT2D eigenvalue weighted by Gasteiger charge is -2.04. The van der Waals surface area contributed by atoms with Crippen molar-refractivity contribution >= 4 is 16.6 Å². The van der Waals surface area contributed by atoms with Crippen LogP contribution in [0.5, 0.6) is 0 Å². The van der Waals surface area contributed by atoms with Crippen molar-refractivity contribution in [1.82, 2.24) is 4.98 Å². The highest BCUT2D eigenvalue weighted by atomic mass is 32.2. The van der Waals surface area contributed by atoms with Crippen LogP contribution in [0.2, 0.25) is 0 Å². The van der Waals surface area contributed by atoms with Gasteiger partial charge in [0.05, 0.1) is 0 Å². The van der Waals surface area contributed by atoms with Crippen molar-refractivity contribution in [3.63, 3.8) is 0 Å². The van der Waals surface area contributed by atoms with Gasteiger partial charge in [0.2, 0.25) is 0 Å². The number of nitrogens with zero attached hydrogens (tertiary/aromatic N) is 1. The number of rotatable bonds is 5. The van der Waals surface area contributed by atoms with Crippen LogP contribution in [0.3, 0.4) is 0 Å². The van der Waals surface area contributed by atoms with Gasteiger partial charge in [-0.15, -0.1) is 0 Å². The molecule has 0 radical (unpaired) electrons. The van der Waals surface area contributed by atoms with Crippen molar-refractivity contribution in [2.24, 2.45) is 0 Å². The van der Waals surface area contributed by atoms with Crippen LogP contribution in [0.25, 0.3) is 0 Å². The molecule has 0 amide bonds. The fourth-order valence-corrected chi connectivity index (χ4v) is 1.68. The van der Waals surface area contributed by atoms with E-state index in [0.717, 1.165) is 30.2 Å². The molecule has 1 atom stereocenters. The Morgan fingerprint density at radius 2 is 2.29 bits per heavy atom. The van der Waals surface area contributed by atoms with Crippen molar-refractivity contribution in [3.8, 4) is 0 Å². The van der Waals surface area contributed by atoms with Gasteiger partial charge in [0.15, 0.2) is 0 Å². The summed E-state index contributed by atoms with van der Waals surface area (Å²) in [6, 6.07) is 5.88. The molecule has 1 N–H and O–H groups in total. The SMILES string of the molecule is Cc1cccc(NCCC[S@@](C)=O)n1. The fraction of sp³-hybridized carbons (Fsp3) is 0.500. The molecule has 0 aliphatic heterocycles. The average Bonchev–Trinajstić information content (AvgIpc) is 2.12.